The Morgan fingerprint density at radius 1 is 1.16 bits per heavy atom. The van der Waals surface area contributed by atoms with Gasteiger partial charge in [0.25, 0.3) is 0 Å². The van der Waals surface area contributed by atoms with Gasteiger partial charge in [0.1, 0.15) is 0 Å². The van der Waals surface area contributed by atoms with E-state index in [1.54, 1.807) is 27.7 Å². The molecule has 1 aromatic heterocycles. The molecule has 2 heterocycles. The van der Waals surface area contributed by atoms with E-state index in [2.05, 4.69) is 9.97 Å². The van der Waals surface area contributed by atoms with E-state index >= 15 is 0 Å². The number of carbonyl (C=O) groups excluding carboxylic acids is 1. The first-order valence-electron chi connectivity index (χ1n) is 7.94. The van der Waals surface area contributed by atoms with E-state index in [0.717, 1.165) is 17.0 Å². The van der Waals surface area contributed by atoms with Crippen LogP contribution in [0.5, 0.6) is 17.2 Å². The Hall–Kier alpha value is -2.74. The summed E-state index contributed by atoms with van der Waals surface area (Å²) in [7, 11) is 6.14. The van der Waals surface area contributed by atoms with Gasteiger partial charge < -0.3 is 24.3 Å². The van der Waals surface area contributed by atoms with Gasteiger partial charge in [-0.3, -0.25) is 0 Å². The third-order valence-corrected chi connectivity index (χ3v) is 4.53. The van der Waals surface area contributed by atoms with Crippen LogP contribution in [0.4, 0.5) is 0 Å². The standard InChI is InChI=1S/C17H21N3O5/c1-22-12-6-5-9(15(23-2)16(12)24-3)13-14-10(18-8-19-14)7-11(20-13)17(21)25-4/h5-6,8,11,13,20H,7H2,1-4H3,(H,18,19)/p+2. The molecule has 0 bridgehead atoms. The molecule has 134 valence electrons. The Balaban J connectivity index is 2.10. The zero-order valence-corrected chi connectivity index (χ0v) is 14.7. The highest BCUT2D eigenvalue weighted by Gasteiger charge is 2.42. The van der Waals surface area contributed by atoms with Crippen LogP contribution in [0.3, 0.4) is 0 Å². The molecule has 0 radical (unpaired) electrons. The number of hydrogen-bond donors (Lipinski definition) is 2. The highest BCUT2D eigenvalue weighted by molar-refractivity contribution is 5.74. The van der Waals surface area contributed by atoms with E-state index in [1.165, 1.54) is 7.11 Å². The van der Waals surface area contributed by atoms with Crippen molar-refractivity contribution in [2.75, 3.05) is 28.4 Å². The molecule has 25 heavy (non-hydrogen) atoms. The van der Waals surface area contributed by atoms with Crippen LogP contribution in [0.2, 0.25) is 0 Å². The van der Waals surface area contributed by atoms with Crippen LogP contribution >= 0.6 is 0 Å². The molecule has 0 fully saturated rings. The Labute approximate surface area is 145 Å². The van der Waals surface area contributed by atoms with Crippen molar-refractivity contribution >= 4 is 5.97 Å². The van der Waals surface area contributed by atoms with Crippen molar-refractivity contribution in [2.24, 2.45) is 0 Å². The molecule has 1 aliphatic heterocycles. The molecule has 8 heteroatoms. The van der Waals surface area contributed by atoms with E-state index in [4.69, 9.17) is 18.9 Å². The van der Waals surface area contributed by atoms with Crippen LogP contribution in [0, 0.1) is 0 Å². The molecule has 2 unspecified atom stereocenters. The number of hydrogen-bond acceptors (Lipinski definition) is 5. The summed E-state index contributed by atoms with van der Waals surface area (Å²) >= 11 is 0. The predicted molar refractivity (Wildman–Crippen MR) is 86.7 cm³/mol. The quantitative estimate of drug-likeness (QED) is 0.716. The number of H-pyrrole nitrogens is 2. The normalized spacial score (nSPS) is 19.0. The number of imidazole rings is 1. The minimum Gasteiger partial charge on any atom is -0.493 e. The lowest BCUT2D eigenvalue weighted by Gasteiger charge is -2.25. The first kappa shape index (κ1) is 17.1. The van der Waals surface area contributed by atoms with Crippen molar-refractivity contribution in [3.05, 3.63) is 35.4 Å². The number of carbonyl (C=O) groups is 1. The Morgan fingerprint density at radius 2 is 1.92 bits per heavy atom. The lowest BCUT2D eigenvalue weighted by Crippen LogP contribution is -2.95. The Bertz CT molecular complexity index is 774. The number of methoxy groups -OCH3 is 4. The number of aromatic amines is 2. The van der Waals surface area contributed by atoms with E-state index < -0.39 is 0 Å². The molecule has 0 saturated heterocycles. The van der Waals surface area contributed by atoms with E-state index in [9.17, 15) is 4.79 Å². The van der Waals surface area contributed by atoms with E-state index in [-0.39, 0.29) is 18.1 Å². The maximum atomic E-state index is 12.1. The highest BCUT2D eigenvalue weighted by Crippen LogP contribution is 2.42. The third-order valence-electron chi connectivity index (χ3n) is 4.53. The molecule has 0 aliphatic carbocycles. The van der Waals surface area contributed by atoms with Crippen LogP contribution in [0.15, 0.2) is 18.5 Å². The molecule has 2 atom stereocenters. The maximum Gasteiger partial charge on any atom is 0.365 e. The molecule has 0 saturated carbocycles. The van der Waals surface area contributed by atoms with Crippen molar-refractivity contribution in [3.63, 3.8) is 0 Å². The molecule has 3 rings (SSSR count). The summed E-state index contributed by atoms with van der Waals surface area (Å²) < 4.78 is 21.4. The summed E-state index contributed by atoms with van der Waals surface area (Å²) in [6.07, 6.45) is 2.33. The molecular formula is C17H23N3O5+2. The summed E-state index contributed by atoms with van der Waals surface area (Å²) in [5.41, 5.74) is 2.84. The minimum absolute atomic E-state index is 0.172. The largest absolute Gasteiger partial charge is 0.493 e. The van der Waals surface area contributed by atoms with Crippen molar-refractivity contribution in [3.8, 4) is 17.2 Å². The van der Waals surface area contributed by atoms with E-state index in [1.807, 2.05) is 17.4 Å². The second-order valence-electron chi connectivity index (χ2n) is 5.75. The van der Waals surface area contributed by atoms with Crippen LogP contribution in [-0.2, 0) is 16.0 Å². The third kappa shape index (κ3) is 2.89. The van der Waals surface area contributed by atoms with Gasteiger partial charge in [-0.05, 0) is 12.1 Å². The van der Waals surface area contributed by atoms with Crippen molar-refractivity contribution < 1.29 is 34.0 Å². The van der Waals surface area contributed by atoms with Gasteiger partial charge in [0.2, 0.25) is 17.8 Å². The molecule has 4 N–H and O–H groups in total. The lowest BCUT2D eigenvalue weighted by molar-refractivity contribution is -0.722. The van der Waals surface area contributed by atoms with Gasteiger partial charge in [0, 0.05) is 0 Å². The fraction of sp³-hybridized carbons (Fsp3) is 0.412. The second-order valence-corrected chi connectivity index (χ2v) is 5.75. The number of nitrogens with one attached hydrogen (secondary N) is 2. The van der Waals surface area contributed by atoms with Crippen molar-refractivity contribution in [1.82, 2.24) is 4.98 Å². The van der Waals surface area contributed by atoms with Gasteiger partial charge in [-0.25, -0.2) is 14.8 Å². The predicted octanol–water partition coefficient (Wildman–Crippen LogP) is -0.395. The average molecular weight is 349 g/mol. The number of benzene rings is 1. The molecule has 1 aliphatic rings. The van der Waals surface area contributed by atoms with Gasteiger partial charge in [-0.1, -0.05) is 0 Å². The fourth-order valence-corrected chi connectivity index (χ4v) is 3.37. The summed E-state index contributed by atoms with van der Waals surface area (Å²) in [5.74, 6) is 1.42. The summed E-state index contributed by atoms with van der Waals surface area (Å²) in [6, 6.07) is 3.24. The zero-order valence-electron chi connectivity index (χ0n) is 14.7. The number of aromatic nitrogens is 2. The molecule has 0 amide bonds. The SMILES string of the molecule is COC(=O)C1Cc2[nH]c[nH+]c2C(c2ccc(OC)c(OC)c2OC)[NH2+]1. The number of rotatable bonds is 5. The zero-order chi connectivity index (χ0) is 18.0. The highest BCUT2D eigenvalue weighted by atomic mass is 16.5. The fourth-order valence-electron chi connectivity index (χ4n) is 3.37. The first-order valence-corrected chi connectivity index (χ1v) is 7.94. The molecule has 8 nitrogen and oxygen atoms in total. The summed E-state index contributed by atoms with van der Waals surface area (Å²) in [5, 5.41) is 1.97. The smallest absolute Gasteiger partial charge is 0.365 e. The van der Waals surface area contributed by atoms with Crippen LogP contribution in [0.1, 0.15) is 23.0 Å². The van der Waals surface area contributed by atoms with Gasteiger partial charge in [0.05, 0.1) is 40.4 Å². The second kappa shape index (κ2) is 7.02. The van der Waals surface area contributed by atoms with Gasteiger partial charge in [0.15, 0.2) is 29.3 Å². The lowest BCUT2D eigenvalue weighted by atomic mass is 9.93. The van der Waals surface area contributed by atoms with Gasteiger partial charge in [-0.2, -0.15) is 0 Å². The topological polar surface area (TPSA) is 101 Å². The van der Waals surface area contributed by atoms with Gasteiger partial charge in [-0.15, -0.1) is 0 Å². The van der Waals surface area contributed by atoms with Crippen LogP contribution in [-0.4, -0.2) is 45.4 Å². The van der Waals surface area contributed by atoms with Crippen molar-refractivity contribution in [1.29, 1.82) is 0 Å². The van der Waals surface area contributed by atoms with Crippen LogP contribution in [0.25, 0.3) is 0 Å². The number of nitrogens with two attached hydrogens (primary N) is 1. The first-order chi connectivity index (χ1) is 12.1. The van der Waals surface area contributed by atoms with Crippen molar-refractivity contribution in [2.45, 2.75) is 18.5 Å². The number of fused-ring (bicyclic) bond motifs is 1. The van der Waals surface area contributed by atoms with E-state index in [0.29, 0.717) is 23.7 Å². The molecular weight excluding hydrogens is 326 g/mol. The molecule has 2 aromatic rings. The monoisotopic (exact) mass is 349 g/mol. The number of quaternary nitrogens is 1. The summed E-state index contributed by atoms with van der Waals surface area (Å²) in [6.45, 7) is 0. The molecule has 0 spiro atoms. The minimum atomic E-state index is -0.340. The van der Waals surface area contributed by atoms with Crippen LogP contribution < -0.4 is 24.5 Å². The number of ether oxygens (including phenoxy) is 4. The number of esters is 1. The Kier molecular flexibility index (Phi) is 4.80. The average Bonchev–Trinajstić information content (AvgIpc) is 3.13. The molecule has 1 aromatic carbocycles. The summed E-state index contributed by atoms with van der Waals surface area (Å²) in [4.78, 5) is 18.5. The Morgan fingerprint density at radius 3 is 2.56 bits per heavy atom. The maximum absolute atomic E-state index is 12.1. The van der Waals surface area contributed by atoms with Gasteiger partial charge >= 0.3 is 5.97 Å².